The van der Waals surface area contributed by atoms with Gasteiger partial charge in [0.15, 0.2) is 0 Å². The molecular formula is C12H15N3O. The number of aliphatic hydroxyl groups is 1. The minimum atomic E-state index is -1.06. The van der Waals surface area contributed by atoms with Gasteiger partial charge in [-0.2, -0.15) is 5.10 Å². The third-order valence-electron chi connectivity index (χ3n) is 2.63. The average Bonchev–Trinajstić information content (AvgIpc) is 2.83. The van der Waals surface area contributed by atoms with Crippen molar-refractivity contribution in [1.82, 2.24) is 9.78 Å². The van der Waals surface area contributed by atoms with Crippen molar-refractivity contribution < 1.29 is 5.11 Å². The smallest absolute Gasteiger partial charge is 0.121 e. The van der Waals surface area contributed by atoms with Crippen LogP contribution >= 0.6 is 0 Å². The van der Waals surface area contributed by atoms with Crippen LogP contribution in [0, 0.1) is 0 Å². The Morgan fingerprint density at radius 2 is 2.00 bits per heavy atom. The highest BCUT2D eigenvalue weighted by molar-refractivity contribution is 5.22. The van der Waals surface area contributed by atoms with E-state index < -0.39 is 5.60 Å². The fourth-order valence-electron chi connectivity index (χ4n) is 1.68. The van der Waals surface area contributed by atoms with Crippen molar-refractivity contribution in [3.8, 4) is 0 Å². The normalized spacial score (nSPS) is 14.6. The second kappa shape index (κ2) is 4.47. The minimum absolute atomic E-state index is 0.164. The van der Waals surface area contributed by atoms with Gasteiger partial charge in [0.25, 0.3) is 0 Å². The first kappa shape index (κ1) is 10.9. The number of nitrogens with zero attached hydrogens (tertiary/aromatic N) is 2. The number of rotatable bonds is 4. The summed E-state index contributed by atoms with van der Waals surface area (Å²) in [5.41, 5.74) is 5.42. The van der Waals surface area contributed by atoms with Crippen LogP contribution in [0.1, 0.15) is 5.56 Å². The Hall–Kier alpha value is -1.65. The highest BCUT2D eigenvalue weighted by atomic mass is 16.3. The van der Waals surface area contributed by atoms with E-state index in [1.54, 1.807) is 10.9 Å². The number of aromatic nitrogens is 2. The molecule has 1 unspecified atom stereocenters. The molecule has 2 aromatic rings. The highest BCUT2D eigenvalue weighted by Gasteiger charge is 2.28. The Morgan fingerprint density at radius 1 is 1.25 bits per heavy atom. The molecule has 84 valence electrons. The fraction of sp³-hybridized carbons (Fsp3) is 0.250. The summed E-state index contributed by atoms with van der Waals surface area (Å²) in [4.78, 5) is 0. The maximum absolute atomic E-state index is 10.5. The first-order valence-electron chi connectivity index (χ1n) is 5.20. The Kier molecular flexibility index (Phi) is 3.03. The van der Waals surface area contributed by atoms with E-state index in [1.165, 1.54) is 0 Å². The molecule has 0 saturated carbocycles. The molecule has 1 atom stereocenters. The van der Waals surface area contributed by atoms with E-state index >= 15 is 0 Å². The third-order valence-corrected chi connectivity index (χ3v) is 2.63. The van der Waals surface area contributed by atoms with Crippen LogP contribution in [0.2, 0.25) is 0 Å². The van der Waals surface area contributed by atoms with Crippen molar-refractivity contribution in [2.75, 3.05) is 6.54 Å². The molecule has 3 N–H and O–H groups in total. The van der Waals surface area contributed by atoms with E-state index in [1.807, 2.05) is 42.6 Å². The quantitative estimate of drug-likeness (QED) is 0.793. The van der Waals surface area contributed by atoms with Crippen LogP contribution in [0.25, 0.3) is 0 Å². The van der Waals surface area contributed by atoms with E-state index in [4.69, 9.17) is 5.73 Å². The summed E-state index contributed by atoms with van der Waals surface area (Å²) >= 11 is 0. The predicted octanol–water partition coefficient (Wildman–Crippen LogP) is 0.730. The topological polar surface area (TPSA) is 64.1 Å². The van der Waals surface area contributed by atoms with E-state index in [0.717, 1.165) is 5.56 Å². The average molecular weight is 217 g/mol. The molecule has 0 spiro atoms. The Labute approximate surface area is 94.3 Å². The highest BCUT2D eigenvalue weighted by Crippen LogP contribution is 2.21. The molecule has 1 aromatic heterocycles. The van der Waals surface area contributed by atoms with Gasteiger partial charge in [-0.25, -0.2) is 0 Å². The van der Waals surface area contributed by atoms with Gasteiger partial charge in [0, 0.05) is 18.9 Å². The summed E-state index contributed by atoms with van der Waals surface area (Å²) in [6.45, 7) is 0.525. The first-order valence-corrected chi connectivity index (χ1v) is 5.20. The summed E-state index contributed by atoms with van der Waals surface area (Å²) in [6, 6.07) is 11.3. The lowest BCUT2D eigenvalue weighted by molar-refractivity contribution is 0.0240. The number of nitrogens with two attached hydrogens (primary N) is 1. The van der Waals surface area contributed by atoms with Gasteiger partial charge in [-0.15, -0.1) is 0 Å². The second-order valence-corrected chi connectivity index (χ2v) is 3.81. The molecule has 0 aliphatic carbocycles. The lowest BCUT2D eigenvalue weighted by Crippen LogP contribution is -2.39. The molecule has 0 radical (unpaired) electrons. The van der Waals surface area contributed by atoms with Crippen LogP contribution in [0.15, 0.2) is 48.8 Å². The lowest BCUT2D eigenvalue weighted by Gasteiger charge is -2.26. The van der Waals surface area contributed by atoms with Crippen LogP contribution in [-0.4, -0.2) is 21.4 Å². The van der Waals surface area contributed by atoms with E-state index in [-0.39, 0.29) is 6.54 Å². The van der Waals surface area contributed by atoms with Crippen LogP contribution in [-0.2, 0) is 12.1 Å². The summed E-state index contributed by atoms with van der Waals surface area (Å²) in [6.07, 6.45) is 3.49. The Bertz CT molecular complexity index is 427. The van der Waals surface area contributed by atoms with Crippen molar-refractivity contribution in [3.63, 3.8) is 0 Å². The van der Waals surface area contributed by atoms with Crippen LogP contribution in [0.5, 0.6) is 0 Å². The van der Waals surface area contributed by atoms with Gasteiger partial charge in [-0.1, -0.05) is 30.3 Å². The van der Waals surface area contributed by atoms with Crippen molar-refractivity contribution in [2.24, 2.45) is 5.73 Å². The van der Waals surface area contributed by atoms with Gasteiger partial charge >= 0.3 is 0 Å². The van der Waals surface area contributed by atoms with Gasteiger partial charge in [0.2, 0.25) is 0 Å². The monoisotopic (exact) mass is 217 g/mol. The maximum atomic E-state index is 10.5. The van der Waals surface area contributed by atoms with Gasteiger partial charge < -0.3 is 10.8 Å². The Balaban J connectivity index is 2.26. The molecule has 4 nitrogen and oxygen atoms in total. The van der Waals surface area contributed by atoms with Crippen molar-refractivity contribution in [1.29, 1.82) is 0 Å². The molecular weight excluding hydrogens is 202 g/mol. The summed E-state index contributed by atoms with van der Waals surface area (Å²) in [5, 5.41) is 14.6. The van der Waals surface area contributed by atoms with Crippen molar-refractivity contribution >= 4 is 0 Å². The molecule has 0 aliphatic heterocycles. The number of hydrogen-bond acceptors (Lipinski definition) is 3. The molecule has 4 heteroatoms. The summed E-state index contributed by atoms with van der Waals surface area (Å²) in [7, 11) is 0. The molecule has 0 saturated heterocycles. The zero-order chi connectivity index (χ0) is 11.4. The molecule has 16 heavy (non-hydrogen) atoms. The van der Waals surface area contributed by atoms with Crippen molar-refractivity contribution in [3.05, 3.63) is 54.4 Å². The van der Waals surface area contributed by atoms with Gasteiger partial charge in [0.1, 0.15) is 5.60 Å². The molecule has 0 aliphatic rings. The van der Waals surface area contributed by atoms with Crippen LogP contribution < -0.4 is 5.73 Å². The molecule has 1 heterocycles. The maximum Gasteiger partial charge on any atom is 0.121 e. The summed E-state index contributed by atoms with van der Waals surface area (Å²) < 4.78 is 1.68. The molecule has 2 rings (SSSR count). The lowest BCUT2D eigenvalue weighted by atomic mass is 9.94. The second-order valence-electron chi connectivity index (χ2n) is 3.81. The fourth-order valence-corrected chi connectivity index (χ4v) is 1.68. The van der Waals surface area contributed by atoms with E-state index in [0.29, 0.717) is 6.54 Å². The Morgan fingerprint density at radius 3 is 2.56 bits per heavy atom. The molecule has 0 bridgehead atoms. The standard InChI is InChI=1S/C12H15N3O/c13-9-12(16,10-15-8-4-7-14-15)11-5-2-1-3-6-11/h1-8,16H,9-10,13H2. The van der Waals surface area contributed by atoms with Gasteiger partial charge in [0.05, 0.1) is 6.54 Å². The predicted molar refractivity (Wildman–Crippen MR) is 61.6 cm³/mol. The molecule has 1 aromatic carbocycles. The van der Waals surface area contributed by atoms with Crippen molar-refractivity contribution in [2.45, 2.75) is 12.1 Å². The zero-order valence-corrected chi connectivity index (χ0v) is 8.95. The largest absolute Gasteiger partial charge is 0.382 e. The third kappa shape index (κ3) is 2.13. The minimum Gasteiger partial charge on any atom is -0.382 e. The molecule has 0 amide bonds. The first-order chi connectivity index (χ1) is 7.74. The SMILES string of the molecule is NCC(O)(Cn1cccn1)c1ccccc1. The number of benzene rings is 1. The zero-order valence-electron chi connectivity index (χ0n) is 8.95. The van der Waals surface area contributed by atoms with E-state index in [2.05, 4.69) is 5.10 Å². The van der Waals surface area contributed by atoms with Crippen LogP contribution in [0.4, 0.5) is 0 Å². The van der Waals surface area contributed by atoms with Crippen LogP contribution in [0.3, 0.4) is 0 Å². The number of hydrogen-bond donors (Lipinski definition) is 2. The van der Waals surface area contributed by atoms with E-state index in [9.17, 15) is 5.11 Å². The van der Waals surface area contributed by atoms with Gasteiger partial charge in [-0.3, -0.25) is 4.68 Å². The van der Waals surface area contributed by atoms with Gasteiger partial charge in [-0.05, 0) is 11.6 Å². The molecule has 0 fully saturated rings. The summed E-state index contributed by atoms with van der Waals surface area (Å²) in [5.74, 6) is 0.